The number of hydrogen-bond donors (Lipinski definition) is 0. The second-order valence-corrected chi connectivity index (χ2v) is 15.5. The zero-order chi connectivity index (χ0) is 39.3. The molecule has 0 amide bonds. The lowest BCUT2D eigenvalue weighted by Crippen LogP contribution is -2.01. The first-order valence-electron chi connectivity index (χ1n) is 20.2. The van der Waals surface area contributed by atoms with Crippen LogP contribution in [0.1, 0.15) is 0 Å². The summed E-state index contributed by atoms with van der Waals surface area (Å²) in [5.74, 6) is 0.603. The van der Waals surface area contributed by atoms with E-state index in [1.54, 1.807) is 12.4 Å². The second-order valence-electron chi connectivity index (χ2n) is 15.5. The Bertz CT molecular complexity index is 3900. The smallest absolute Gasteiger partial charge is 0.182 e. The third kappa shape index (κ3) is 4.76. The molecule has 0 unspecified atom stereocenters. The Kier molecular flexibility index (Phi) is 6.91. The molecule has 9 aromatic carbocycles. The maximum absolute atomic E-state index is 5.38. The van der Waals surface area contributed by atoms with Gasteiger partial charge in [-0.25, -0.2) is 19.9 Å². The minimum absolute atomic E-state index is 0.554. The molecule has 278 valence electrons. The highest BCUT2D eigenvalue weighted by atomic mass is 15.0. The van der Waals surface area contributed by atoms with Crippen LogP contribution in [0.25, 0.3) is 121 Å². The number of hydrogen-bond acceptors (Lipinski definition) is 4. The lowest BCUT2D eigenvalue weighted by atomic mass is 10.0. The lowest BCUT2D eigenvalue weighted by Gasteiger charge is -2.16. The average molecular weight is 765 g/mol. The molecule has 0 N–H and O–H groups in total. The van der Waals surface area contributed by atoms with Gasteiger partial charge in [0.15, 0.2) is 11.5 Å². The van der Waals surface area contributed by atoms with Crippen molar-refractivity contribution in [3.8, 4) is 34.0 Å². The van der Waals surface area contributed by atoms with Gasteiger partial charge in [0, 0.05) is 61.5 Å². The summed E-state index contributed by atoms with van der Waals surface area (Å²) in [5, 5.41) is 11.8. The molecule has 0 fully saturated rings. The van der Waals surface area contributed by atoms with Crippen LogP contribution in [0.2, 0.25) is 0 Å². The van der Waals surface area contributed by atoms with Crippen molar-refractivity contribution in [2.45, 2.75) is 0 Å². The van der Waals surface area contributed by atoms with Crippen molar-refractivity contribution in [2.24, 2.45) is 0 Å². The lowest BCUT2D eigenvalue weighted by molar-refractivity contribution is 1.16. The van der Waals surface area contributed by atoms with Crippen LogP contribution in [0.5, 0.6) is 0 Å². The van der Waals surface area contributed by atoms with Crippen molar-refractivity contribution in [1.29, 1.82) is 0 Å². The molecule has 0 atom stereocenters. The molecule has 4 aromatic heterocycles. The topological polar surface area (TPSA) is 61.4 Å². The fourth-order valence-electron chi connectivity index (χ4n) is 9.55. The van der Waals surface area contributed by atoms with Gasteiger partial charge in [-0.2, -0.15) is 0 Å². The number of benzene rings is 9. The normalized spacial score (nSPS) is 12.0. The third-order valence-corrected chi connectivity index (χ3v) is 12.2. The summed E-state index contributed by atoms with van der Waals surface area (Å²) in [6.45, 7) is 0. The van der Waals surface area contributed by atoms with Crippen LogP contribution in [0.3, 0.4) is 0 Å². The Labute approximate surface area is 343 Å². The first-order chi connectivity index (χ1) is 29.8. The quantitative estimate of drug-likeness (QED) is 0.179. The van der Waals surface area contributed by atoms with Crippen molar-refractivity contribution in [3.63, 3.8) is 0 Å². The van der Waals surface area contributed by atoms with Crippen molar-refractivity contribution in [1.82, 2.24) is 29.1 Å². The molecule has 60 heavy (non-hydrogen) atoms. The summed E-state index contributed by atoms with van der Waals surface area (Å²) in [7, 11) is 0. The van der Waals surface area contributed by atoms with Crippen LogP contribution in [0.4, 0.5) is 0 Å². The predicted octanol–water partition coefficient (Wildman–Crippen LogP) is 13.4. The Morgan fingerprint density at radius 2 is 1.07 bits per heavy atom. The van der Waals surface area contributed by atoms with E-state index in [-0.39, 0.29) is 0 Å². The first-order valence-corrected chi connectivity index (χ1v) is 20.2. The van der Waals surface area contributed by atoms with Gasteiger partial charge in [0.1, 0.15) is 11.2 Å². The van der Waals surface area contributed by atoms with Gasteiger partial charge in [-0.1, -0.05) is 127 Å². The maximum atomic E-state index is 5.38. The largest absolute Gasteiger partial charge is 0.309 e. The van der Waals surface area contributed by atoms with E-state index in [4.69, 9.17) is 19.9 Å². The molecule has 13 aromatic rings. The molecule has 0 aliphatic carbocycles. The SMILES string of the molecule is c1ccc(-n2c3ccccc3c3cc(-c4nc(-c5ccc(-n6c7cc8ccccc8cc7c7ccc8ccccc8c76)c6ccccc56)nc5nccnc45)ccc32)cc1. The molecule has 0 saturated carbocycles. The molecule has 13 rings (SSSR count). The monoisotopic (exact) mass is 764 g/mol. The van der Waals surface area contributed by atoms with E-state index in [1.807, 2.05) is 0 Å². The van der Waals surface area contributed by atoms with Gasteiger partial charge >= 0.3 is 0 Å². The van der Waals surface area contributed by atoms with Crippen LogP contribution in [-0.4, -0.2) is 29.1 Å². The third-order valence-electron chi connectivity index (χ3n) is 12.2. The van der Waals surface area contributed by atoms with E-state index in [0.717, 1.165) is 55.4 Å². The standard InChI is InChI=1S/C54H32N6/c1-2-15-37(16-3-1)59-46-21-11-10-20-41(46)44-31-36(23-26-48(44)59)50-51-54(56-29-28-55-51)58-53(57-50)43-25-27-47(40-19-9-8-18-39(40)43)60-49-32-35-14-5-4-13-34(35)30-45(49)42-24-22-33-12-6-7-17-38(33)52(42)60/h1-32H. The molecule has 0 spiro atoms. The number of nitrogens with zero attached hydrogens (tertiary/aromatic N) is 6. The zero-order valence-electron chi connectivity index (χ0n) is 32.2. The molecule has 0 aliphatic rings. The van der Waals surface area contributed by atoms with Gasteiger partial charge in [0.2, 0.25) is 0 Å². The highest BCUT2D eigenvalue weighted by Gasteiger charge is 2.21. The summed E-state index contributed by atoms with van der Waals surface area (Å²) in [4.78, 5) is 20.0. The summed E-state index contributed by atoms with van der Waals surface area (Å²) >= 11 is 0. The number of aromatic nitrogens is 6. The van der Waals surface area contributed by atoms with E-state index in [9.17, 15) is 0 Å². The first kappa shape index (κ1) is 32.8. The molecular weight excluding hydrogens is 733 g/mol. The average Bonchev–Trinajstić information content (AvgIpc) is 3.82. The molecule has 0 radical (unpaired) electrons. The van der Waals surface area contributed by atoms with Crippen molar-refractivity contribution < 1.29 is 0 Å². The van der Waals surface area contributed by atoms with Gasteiger partial charge in [0.25, 0.3) is 0 Å². The maximum Gasteiger partial charge on any atom is 0.182 e. The van der Waals surface area contributed by atoms with Gasteiger partial charge in [-0.05, 0) is 76.1 Å². The number of para-hydroxylation sites is 2. The molecule has 6 nitrogen and oxygen atoms in total. The van der Waals surface area contributed by atoms with Crippen molar-refractivity contribution in [2.75, 3.05) is 0 Å². The van der Waals surface area contributed by atoms with E-state index < -0.39 is 0 Å². The van der Waals surface area contributed by atoms with Crippen LogP contribution < -0.4 is 0 Å². The molecule has 0 aliphatic heterocycles. The van der Waals surface area contributed by atoms with Crippen molar-refractivity contribution in [3.05, 3.63) is 194 Å². The van der Waals surface area contributed by atoms with Crippen LogP contribution in [0.15, 0.2) is 194 Å². The van der Waals surface area contributed by atoms with E-state index in [0.29, 0.717) is 17.0 Å². The van der Waals surface area contributed by atoms with Crippen LogP contribution in [-0.2, 0) is 0 Å². The van der Waals surface area contributed by atoms with Gasteiger partial charge in [0.05, 0.1) is 27.8 Å². The fraction of sp³-hybridized carbons (Fsp3) is 0. The van der Waals surface area contributed by atoms with Crippen molar-refractivity contribution >= 4 is 87.1 Å². The van der Waals surface area contributed by atoms with Gasteiger partial charge in [-0.15, -0.1) is 0 Å². The summed E-state index contributed by atoms with van der Waals surface area (Å²) in [6, 6.07) is 65.3. The van der Waals surface area contributed by atoms with Crippen LogP contribution in [0, 0.1) is 0 Å². The van der Waals surface area contributed by atoms with Gasteiger partial charge < -0.3 is 9.13 Å². The Hall–Kier alpha value is -8.22. The highest BCUT2D eigenvalue weighted by molar-refractivity contribution is 6.21. The second kappa shape index (κ2) is 12.6. The summed E-state index contributed by atoms with van der Waals surface area (Å²) in [5.41, 5.74) is 10.7. The zero-order valence-corrected chi connectivity index (χ0v) is 32.2. The van der Waals surface area contributed by atoms with E-state index in [2.05, 4.69) is 191 Å². The summed E-state index contributed by atoms with van der Waals surface area (Å²) < 4.78 is 4.79. The minimum Gasteiger partial charge on any atom is -0.309 e. The van der Waals surface area contributed by atoms with Gasteiger partial charge in [-0.3, -0.25) is 0 Å². The highest BCUT2D eigenvalue weighted by Crippen LogP contribution is 2.42. The molecule has 6 heteroatoms. The van der Waals surface area contributed by atoms with E-state index in [1.165, 1.54) is 48.7 Å². The Morgan fingerprint density at radius 3 is 1.93 bits per heavy atom. The summed E-state index contributed by atoms with van der Waals surface area (Å²) in [6.07, 6.45) is 3.43. The fourth-order valence-corrected chi connectivity index (χ4v) is 9.55. The van der Waals surface area contributed by atoms with Crippen LogP contribution >= 0.6 is 0 Å². The predicted molar refractivity (Wildman–Crippen MR) is 247 cm³/mol. The molecule has 4 heterocycles. The molecular formula is C54H32N6. The number of fused-ring (bicyclic) bond motifs is 11. The Morgan fingerprint density at radius 1 is 0.383 bits per heavy atom. The minimum atomic E-state index is 0.554. The molecule has 0 saturated heterocycles. The Balaban J connectivity index is 1.05. The molecule has 0 bridgehead atoms. The van der Waals surface area contributed by atoms with E-state index >= 15 is 0 Å². The number of rotatable bonds is 4.